The number of anilines is 4. The standard InChI is InChI=1S/C22H22N4O2/c1-14-4-5-19(12-15(14)2)25-20-10-11-21(23-13-20)22(28)26-18-8-6-17(7-9-18)24-16(3)27/h4-13,25H,1-3H3,(H,24,27)(H,26,28). The minimum atomic E-state index is -0.301. The van der Waals surface area contributed by atoms with E-state index in [2.05, 4.69) is 46.9 Å². The van der Waals surface area contributed by atoms with Gasteiger partial charge in [0, 0.05) is 24.0 Å². The molecule has 142 valence electrons. The Morgan fingerprint density at radius 1 is 0.750 bits per heavy atom. The maximum absolute atomic E-state index is 12.4. The first-order valence-electron chi connectivity index (χ1n) is 8.90. The summed E-state index contributed by atoms with van der Waals surface area (Å²) in [4.78, 5) is 27.6. The predicted molar refractivity (Wildman–Crippen MR) is 112 cm³/mol. The molecule has 0 spiro atoms. The summed E-state index contributed by atoms with van der Waals surface area (Å²) in [7, 11) is 0. The fourth-order valence-electron chi connectivity index (χ4n) is 2.62. The van der Waals surface area contributed by atoms with Crippen molar-refractivity contribution in [1.29, 1.82) is 0 Å². The summed E-state index contributed by atoms with van der Waals surface area (Å²) in [6.07, 6.45) is 1.63. The number of aryl methyl sites for hydroxylation is 2. The lowest BCUT2D eigenvalue weighted by Gasteiger charge is -2.10. The van der Waals surface area contributed by atoms with Crippen molar-refractivity contribution in [3.63, 3.8) is 0 Å². The zero-order valence-electron chi connectivity index (χ0n) is 16.0. The molecule has 0 unspecified atom stereocenters. The number of hydrogen-bond acceptors (Lipinski definition) is 4. The lowest BCUT2D eigenvalue weighted by atomic mass is 10.1. The summed E-state index contributed by atoms with van der Waals surface area (Å²) in [5.74, 6) is -0.444. The van der Waals surface area contributed by atoms with Gasteiger partial charge < -0.3 is 16.0 Å². The third-order valence-electron chi connectivity index (χ3n) is 4.25. The van der Waals surface area contributed by atoms with E-state index in [0.717, 1.165) is 11.4 Å². The molecule has 0 atom stereocenters. The lowest BCUT2D eigenvalue weighted by molar-refractivity contribution is -0.114. The van der Waals surface area contributed by atoms with Crippen LogP contribution in [0.3, 0.4) is 0 Å². The summed E-state index contributed by atoms with van der Waals surface area (Å²) in [5, 5.41) is 8.75. The van der Waals surface area contributed by atoms with Gasteiger partial charge in [0.15, 0.2) is 0 Å². The van der Waals surface area contributed by atoms with E-state index in [9.17, 15) is 9.59 Å². The van der Waals surface area contributed by atoms with Crippen molar-refractivity contribution in [2.75, 3.05) is 16.0 Å². The number of aromatic nitrogens is 1. The van der Waals surface area contributed by atoms with Gasteiger partial charge in [0.2, 0.25) is 5.91 Å². The first-order valence-corrected chi connectivity index (χ1v) is 8.90. The topological polar surface area (TPSA) is 83.1 Å². The molecule has 28 heavy (non-hydrogen) atoms. The zero-order chi connectivity index (χ0) is 20.1. The third-order valence-corrected chi connectivity index (χ3v) is 4.25. The van der Waals surface area contributed by atoms with Gasteiger partial charge in [0.25, 0.3) is 5.91 Å². The largest absolute Gasteiger partial charge is 0.354 e. The Hall–Kier alpha value is -3.67. The number of carbonyl (C=O) groups is 2. The molecule has 0 bridgehead atoms. The average Bonchev–Trinajstić information content (AvgIpc) is 2.66. The van der Waals surface area contributed by atoms with Crippen LogP contribution in [0.25, 0.3) is 0 Å². The van der Waals surface area contributed by atoms with Gasteiger partial charge in [0.05, 0.1) is 11.9 Å². The Balaban J connectivity index is 1.63. The minimum absolute atomic E-state index is 0.143. The quantitative estimate of drug-likeness (QED) is 0.607. The number of carbonyl (C=O) groups excluding carboxylic acids is 2. The van der Waals surface area contributed by atoms with Crippen molar-refractivity contribution in [2.45, 2.75) is 20.8 Å². The van der Waals surface area contributed by atoms with Crippen molar-refractivity contribution in [3.05, 3.63) is 77.6 Å². The van der Waals surface area contributed by atoms with Gasteiger partial charge in [-0.2, -0.15) is 0 Å². The molecule has 1 heterocycles. The molecule has 0 aliphatic rings. The fourth-order valence-corrected chi connectivity index (χ4v) is 2.62. The van der Waals surface area contributed by atoms with E-state index in [1.807, 2.05) is 12.1 Å². The van der Waals surface area contributed by atoms with Crippen molar-refractivity contribution in [2.24, 2.45) is 0 Å². The first-order chi connectivity index (χ1) is 13.4. The van der Waals surface area contributed by atoms with Gasteiger partial charge in [-0.1, -0.05) is 6.07 Å². The lowest BCUT2D eigenvalue weighted by Crippen LogP contribution is -2.13. The Morgan fingerprint density at radius 2 is 1.36 bits per heavy atom. The van der Waals surface area contributed by atoms with Crippen LogP contribution in [0.15, 0.2) is 60.8 Å². The van der Waals surface area contributed by atoms with Gasteiger partial charge in [-0.15, -0.1) is 0 Å². The minimum Gasteiger partial charge on any atom is -0.354 e. The second-order valence-electron chi connectivity index (χ2n) is 6.57. The molecule has 2 amide bonds. The average molecular weight is 374 g/mol. The molecule has 0 aliphatic carbocycles. The summed E-state index contributed by atoms with van der Waals surface area (Å²) in [6, 6.07) is 16.5. The second kappa shape index (κ2) is 8.35. The summed E-state index contributed by atoms with van der Waals surface area (Å²) in [5.41, 5.74) is 5.83. The SMILES string of the molecule is CC(=O)Nc1ccc(NC(=O)c2ccc(Nc3ccc(C)c(C)c3)cn2)cc1. The van der Waals surface area contributed by atoms with Gasteiger partial charge in [-0.05, 0) is 73.5 Å². The maximum Gasteiger partial charge on any atom is 0.274 e. The van der Waals surface area contributed by atoms with E-state index in [1.165, 1.54) is 18.1 Å². The predicted octanol–water partition coefficient (Wildman–Crippen LogP) is 4.65. The number of benzene rings is 2. The Kier molecular flexibility index (Phi) is 5.69. The molecule has 0 fully saturated rings. The number of pyridine rings is 1. The number of rotatable bonds is 5. The van der Waals surface area contributed by atoms with E-state index < -0.39 is 0 Å². The van der Waals surface area contributed by atoms with Crippen LogP contribution in [0, 0.1) is 13.8 Å². The van der Waals surface area contributed by atoms with Crippen LogP contribution in [0.4, 0.5) is 22.7 Å². The van der Waals surface area contributed by atoms with Gasteiger partial charge >= 0.3 is 0 Å². The monoisotopic (exact) mass is 374 g/mol. The molecule has 3 N–H and O–H groups in total. The summed E-state index contributed by atoms with van der Waals surface area (Å²) in [6.45, 7) is 5.58. The molecule has 6 heteroatoms. The van der Waals surface area contributed by atoms with E-state index >= 15 is 0 Å². The highest BCUT2D eigenvalue weighted by molar-refractivity contribution is 6.03. The van der Waals surface area contributed by atoms with E-state index in [4.69, 9.17) is 0 Å². The van der Waals surface area contributed by atoms with Gasteiger partial charge in [0.1, 0.15) is 5.69 Å². The van der Waals surface area contributed by atoms with Crippen LogP contribution >= 0.6 is 0 Å². The molecule has 1 aromatic heterocycles. The van der Waals surface area contributed by atoms with E-state index in [1.54, 1.807) is 36.5 Å². The molecule has 6 nitrogen and oxygen atoms in total. The van der Waals surface area contributed by atoms with Crippen LogP contribution < -0.4 is 16.0 Å². The summed E-state index contributed by atoms with van der Waals surface area (Å²) >= 11 is 0. The van der Waals surface area contributed by atoms with Crippen molar-refractivity contribution < 1.29 is 9.59 Å². The fraction of sp³-hybridized carbons (Fsp3) is 0.136. The van der Waals surface area contributed by atoms with Crippen LogP contribution in [-0.4, -0.2) is 16.8 Å². The van der Waals surface area contributed by atoms with Crippen LogP contribution in [0.1, 0.15) is 28.5 Å². The van der Waals surface area contributed by atoms with E-state index in [0.29, 0.717) is 17.1 Å². The Labute approximate surface area is 164 Å². The highest BCUT2D eigenvalue weighted by Crippen LogP contribution is 2.20. The normalized spacial score (nSPS) is 10.2. The van der Waals surface area contributed by atoms with Crippen LogP contribution in [-0.2, 0) is 4.79 Å². The Bertz CT molecular complexity index is 996. The van der Waals surface area contributed by atoms with Crippen molar-refractivity contribution >= 4 is 34.6 Å². The molecule has 0 saturated carbocycles. The van der Waals surface area contributed by atoms with Crippen molar-refractivity contribution in [1.82, 2.24) is 4.98 Å². The van der Waals surface area contributed by atoms with E-state index in [-0.39, 0.29) is 11.8 Å². The number of amides is 2. The molecule has 2 aromatic carbocycles. The highest BCUT2D eigenvalue weighted by atomic mass is 16.2. The molecule has 0 saturated heterocycles. The third kappa shape index (κ3) is 4.94. The molecule has 0 radical (unpaired) electrons. The molecular formula is C22H22N4O2. The molecular weight excluding hydrogens is 352 g/mol. The summed E-state index contributed by atoms with van der Waals surface area (Å²) < 4.78 is 0. The number of hydrogen-bond donors (Lipinski definition) is 3. The smallest absolute Gasteiger partial charge is 0.274 e. The second-order valence-corrected chi connectivity index (χ2v) is 6.57. The van der Waals surface area contributed by atoms with Gasteiger partial charge in [-0.3, -0.25) is 9.59 Å². The van der Waals surface area contributed by atoms with Crippen LogP contribution in [0.5, 0.6) is 0 Å². The zero-order valence-corrected chi connectivity index (χ0v) is 16.0. The first kappa shape index (κ1) is 19.1. The Morgan fingerprint density at radius 3 is 1.93 bits per heavy atom. The molecule has 3 rings (SSSR count). The maximum atomic E-state index is 12.4. The van der Waals surface area contributed by atoms with Crippen molar-refractivity contribution in [3.8, 4) is 0 Å². The molecule has 3 aromatic rings. The number of nitrogens with zero attached hydrogens (tertiary/aromatic N) is 1. The highest BCUT2D eigenvalue weighted by Gasteiger charge is 2.08. The molecule has 0 aliphatic heterocycles. The number of nitrogens with one attached hydrogen (secondary N) is 3. The van der Waals surface area contributed by atoms with Gasteiger partial charge in [-0.25, -0.2) is 4.98 Å². The van der Waals surface area contributed by atoms with Crippen LogP contribution in [0.2, 0.25) is 0 Å².